The molecule has 0 aromatic carbocycles. The maximum absolute atomic E-state index is 12.0. The summed E-state index contributed by atoms with van der Waals surface area (Å²) in [5.41, 5.74) is 3.11. The van der Waals surface area contributed by atoms with Gasteiger partial charge >= 0.3 is 5.76 Å². The molecule has 0 N–H and O–H groups in total. The number of nitrogens with zero attached hydrogens (tertiary/aromatic N) is 4. The molecule has 0 spiro atoms. The fourth-order valence-corrected chi connectivity index (χ4v) is 2.47. The first-order valence-corrected chi connectivity index (χ1v) is 7.08. The summed E-state index contributed by atoms with van der Waals surface area (Å²) in [6.45, 7) is 4.07. The third-order valence-electron chi connectivity index (χ3n) is 3.64. The molecule has 118 valence electrons. The van der Waals surface area contributed by atoms with Gasteiger partial charge in [0.1, 0.15) is 11.4 Å². The highest BCUT2D eigenvalue weighted by molar-refractivity contribution is 5.48. The van der Waals surface area contributed by atoms with Crippen molar-refractivity contribution in [3.63, 3.8) is 0 Å². The Hall–Kier alpha value is -2.96. The molecule has 3 rings (SSSR count). The van der Waals surface area contributed by atoms with Gasteiger partial charge < -0.3 is 4.74 Å². The molecule has 0 radical (unpaired) electrons. The molecule has 0 aliphatic carbocycles. The Morgan fingerprint density at radius 2 is 2.09 bits per heavy atom. The normalized spacial score (nSPS) is 10.7. The first kappa shape index (κ1) is 15.0. The molecular weight excluding hydrogens is 296 g/mol. The maximum atomic E-state index is 12.0. The van der Waals surface area contributed by atoms with Gasteiger partial charge in [-0.25, -0.2) is 9.36 Å². The minimum atomic E-state index is -0.550. The molecule has 0 fully saturated rings. The number of hydrogen-bond donors (Lipinski definition) is 0. The molecule has 3 aromatic rings. The minimum Gasteiger partial charge on any atom is -0.496 e. The van der Waals surface area contributed by atoms with Crippen LogP contribution in [0.2, 0.25) is 0 Å². The van der Waals surface area contributed by atoms with E-state index in [2.05, 4.69) is 15.1 Å². The lowest BCUT2D eigenvalue weighted by Gasteiger charge is -2.12. The lowest BCUT2D eigenvalue weighted by molar-refractivity contribution is 0.377. The lowest BCUT2D eigenvalue weighted by atomic mass is 10.1. The summed E-state index contributed by atoms with van der Waals surface area (Å²) in [5.74, 6) is 0.585. The average Bonchev–Trinajstić information content (AvgIpc) is 2.92. The SMILES string of the molecule is COc1c(C)cnc(Cn2c(-c3ccccn3)noc2=O)c1C. The Labute approximate surface area is 132 Å². The zero-order valence-corrected chi connectivity index (χ0v) is 13.1. The summed E-state index contributed by atoms with van der Waals surface area (Å²) in [7, 11) is 1.62. The third-order valence-corrected chi connectivity index (χ3v) is 3.64. The number of methoxy groups -OCH3 is 1. The van der Waals surface area contributed by atoms with Crippen molar-refractivity contribution < 1.29 is 9.26 Å². The number of rotatable bonds is 4. The Morgan fingerprint density at radius 3 is 2.78 bits per heavy atom. The van der Waals surface area contributed by atoms with Gasteiger partial charge in [-0.15, -0.1) is 0 Å². The van der Waals surface area contributed by atoms with Crippen molar-refractivity contribution in [2.24, 2.45) is 0 Å². The zero-order chi connectivity index (χ0) is 16.4. The van der Waals surface area contributed by atoms with Crippen LogP contribution >= 0.6 is 0 Å². The van der Waals surface area contributed by atoms with Crippen molar-refractivity contribution in [1.82, 2.24) is 19.7 Å². The van der Waals surface area contributed by atoms with Crippen LogP contribution < -0.4 is 10.5 Å². The predicted octanol–water partition coefficient (Wildman–Crippen LogP) is 1.97. The number of pyridine rings is 2. The first-order valence-electron chi connectivity index (χ1n) is 7.08. The van der Waals surface area contributed by atoms with Gasteiger partial charge in [0, 0.05) is 23.5 Å². The highest BCUT2D eigenvalue weighted by atomic mass is 16.5. The molecule has 0 amide bonds. The van der Waals surface area contributed by atoms with E-state index >= 15 is 0 Å². The number of aromatic nitrogens is 4. The number of aryl methyl sites for hydroxylation is 1. The summed E-state index contributed by atoms with van der Waals surface area (Å²) in [5, 5.41) is 3.83. The van der Waals surface area contributed by atoms with Gasteiger partial charge in [-0.1, -0.05) is 11.2 Å². The third kappa shape index (κ3) is 2.73. The molecule has 7 nitrogen and oxygen atoms in total. The molecule has 7 heteroatoms. The largest absolute Gasteiger partial charge is 0.496 e. The van der Waals surface area contributed by atoms with Crippen molar-refractivity contribution in [3.05, 3.63) is 58.0 Å². The van der Waals surface area contributed by atoms with Gasteiger partial charge in [0.25, 0.3) is 0 Å². The van der Waals surface area contributed by atoms with Crippen molar-refractivity contribution in [2.45, 2.75) is 20.4 Å². The summed E-state index contributed by atoms with van der Waals surface area (Å²) >= 11 is 0. The van der Waals surface area contributed by atoms with E-state index in [1.54, 1.807) is 31.6 Å². The van der Waals surface area contributed by atoms with Crippen molar-refractivity contribution in [2.75, 3.05) is 7.11 Å². The Kier molecular flexibility index (Phi) is 3.92. The van der Waals surface area contributed by atoms with Crippen LogP contribution in [-0.2, 0) is 6.54 Å². The van der Waals surface area contributed by atoms with Gasteiger partial charge in [-0.05, 0) is 26.0 Å². The van der Waals surface area contributed by atoms with E-state index in [1.165, 1.54) is 4.57 Å². The second-order valence-electron chi connectivity index (χ2n) is 5.12. The van der Waals surface area contributed by atoms with Crippen LogP contribution in [0.5, 0.6) is 5.75 Å². The maximum Gasteiger partial charge on any atom is 0.442 e. The fraction of sp³-hybridized carbons (Fsp3) is 0.250. The Balaban J connectivity index is 2.06. The molecular formula is C16H16N4O3. The van der Waals surface area contributed by atoms with E-state index in [1.807, 2.05) is 19.9 Å². The minimum absolute atomic E-state index is 0.233. The smallest absolute Gasteiger partial charge is 0.442 e. The van der Waals surface area contributed by atoms with E-state index < -0.39 is 5.76 Å². The van der Waals surface area contributed by atoms with Gasteiger partial charge in [0.2, 0.25) is 5.82 Å². The quantitative estimate of drug-likeness (QED) is 0.732. The van der Waals surface area contributed by atoms with Crippen LogP contribution in [0.15, 0.2) is 39.9 Å². The topological polar surface area (TPSA) is 83.0 Å². The van der Waals surface area contributed by atoms with Gasteiger partial charge in [-0.2, -0.15) is 0 Å². The summed E-state index contributed by atoms with van der Waals surface area (Å²) in [4.78, 5) is 20.6. The zero-order valence-electron chi connectivity index (χ0n) is 13.1. The first-order chi connectivity index (χ1) is 11.1. The van der Waals surface area contributed by atoms with E-state index in [0.29, 0.717) is 11.5 Å². The number of ether oxygens (including phenoxy) is 1. The summed E-state index contributed by atoms with van der Waals surface area (Å²) < 4.78 is 11.6. The van der Waals surface area contributed by atoms with Crippen LogP contribution in [0.1, 0.15) is 16.8 Å². The molecule has 3 heterocycles. The van der Waals surface area contributed by atoms with Crippen molar-refractivity contribution in [1.29, 1.82) is 0 Å². The monoisotopic (exact) mass is 312 g/mol. The fourth-order valence-electron chi connectivity index (χ4n) is 2.47. The van der Waals surface area contributed by atoms with Crippen LogP contribution in [0.25, 0.3) is 11.5 Å². The van der Waals surface area contributed by atoms with Crippen LogP contribution in [0.4, 0.5) is 0 Å². The molecule has 0 aliphatic rings. The van der Waals surface area contributed by atoms with Crippen molar-refractivity contribution in [3.8, 4) is 17.3 Å². The molecule has 0 aliphatic heterocycles. The summed E-state index contributed by atoms with van der Waals surface area (Å²) in [6.07, 6.45) is 3.36. The number of hydrogen-bond acceptors (Lipinski definition) is 6. The van der Waals surface area contributed by atoms with E-state index in [4.69, 9.17) is 9.26 Å². The second kappa shape index (κ2) is 6.04. The van der Waals surface area contributed by atoms with Crippen LogP contribution in [0.3, 0.4) is 0 Å². The van der Waals surface area contributed by atoms with E-state index in [0.717, 1.165) is 22.6 Å². The van der Waals surface area contributed by atoms with Gasteiger partial charge in [-0.3, -0.25) is 14.5 Å². The van der Waals surface area contributed by atoms with E-state index in [-0.39, 0.29) is 6.54 Å². The van der Waals surface area contributed by atoms with E-state index in [9.17, 15) is 4.79 Å². The predicted molar refractivity (Wildman–Crippen MR) is 83.4 cm³/mol. The highest BCUT2D eigenvalue weighted by Gasteiger charge is 2.17. The molecule has 0 saturated carbocycles. The lowest BCUT2D eigenvalue weighted by Crippen LogP contribution is -2.18. The standard InChI is InChI=1S/C16H16N4O3/c1-10-8-18-13(11(2)14(10)22-3)9-20-15(19-23-16(20)21)12-6-4-5-7-17-12/h4-8H,9H2,1-3H3. The molecule has 0 atom stereocenters. The Bertz CT molecular complexity index is 884. The van der Waals surface area contributed by atoms with Crippen LogP contribution in [-0.4, -0.2) is 26.8 Å². The highest BCUT2D eigenvalue weighted by Crippen LogP contribution is 2.25. The molecule has 0 unspecified atom stereocenters. The van der Waals surface area contributed by atoms with Crippen LogP contribution in [0, 0.1) is 13.8 Å². The van der Waals surface area contributed by atoms with Gasteiger partial charge in [0.05, 0.1) is 19.3 Å². The molecule has 3 aromatic heterocycles. The Morgan fingerprint density at radius 1 is 1.26 bits per heavy atom. The average molecular weight is 312 g/mol. The van der Waals surface area contributed by atoms with Crippen molar-refractivity contribution >= 4 is 0 Å². The second-order valence-corrected chi connectivity index (χ2v) is 5.12. The molecule has 0 saturated heterocycles. The molecule has 0 bridgehead atoms. The van der Waals surface area contributed by atoms with Gasteiger partial charge in [0.15, 0.2) is 0 Å². The summed E-state index contributed by atoms with van der Waals surface area (Å²) in [6, 6.07) is 5.39. The molecule has 23 heavy (non-hydrogen) atoms.